The van der Waals surface area contributed by atoms with Crippen LogP contribution in [0.3, 0.4) is 0 Å². The fraction of sp³-hybridized carbons (Fsp3) is 0.0667. The second-order valence-corrected chi connectivity index (χ2v) is 3.86. The molecule has 5 heteroatoms. The highest BCUT2D eigenvalue weighted by Gasteiger charge is 2.10. The third kappa shape index (κ3) is 3.14. The summed E-state index contributed by atoms with van der Waals surface area (Å²) in [7, 11) is 1.55. The van der Waals surface area contributed by atoms with Crippen LogP contribution < -0.4 is 14.8 Å². The summed E-state index contributed by atoms with van der Waals surface area (Å²) in [4.78, 5) is 22.3. The van der Waals surface area contributed by atoms with Gasteiger partial charge in [0.25, 0.3) is 5.91 Å². The first-order valence-electron chi connectivity index (χ1n) is 5.83. The van der Waals surface area contributed by atoms with Crippen LogP contribution in [0.4, 0.5) is 5.69 Å². The molecule has 0 aromatic heterocycles. The monoisotopic (exact) mass is 270 g/mol. The molecule has 0 aliphatic rings. The number of methoxy groups -OCH3 is 1. The molecule has 1 amide bonds. The van der Waals surface area contributed by atoms with E-state index in [1.54, 1.807) is 55.6 Å². The van der Waals surface area contributed by atoms with Crippen LogP contribution >= 0.6 is 0 Å². The van der Waals surface area contributed by atoms with Crippen molar-refractivity contribution < 1.29 is 19.1 Å². The van der Waals surface area contributed by atoms with Gasteiger partial charge in [-0.15, -0.1) is 0 Å². The quantitative estimate of drug-likeness (QED) is 0.906. The normalized spacial score (nSPS) is 9.65. The lowest BCUT2D eigenvalue weighted by Crippen LogP contribution is -2.12. The van der Waals surface area contributed by atoms with Gasteiger partial charge in [0.05, 0.1) is 12.8 Å². The molecule has 0 saturated heterocycles. The van der Waals surface area contributed by atoms with Crippen LogP contribution in [0, 0.1) is 0 Å². The molecule has 20 heavy (non-hydrogen) atoms. The molecule has 2 aromatic carbocycles. The van der Waals surface area contributed by atoms with Crippen LogP contribution in [-0.4, -0.2) is 19.5 Å². The molecular weight excluding hydrogens is 258 g/mol. The Morgan fingerprint density at radius 2 is 1.80 bits per heavy atom. The molecule has 0 fully saturated rings. The van der Waals surface area contributed by atoms with E-state index in [4.69, 9.17) is 4.74 Å². The highest BCUT2D eigenvalue weighted by Crippen LogP contribution is 2.24. The molecule has 1 N–H and O–H groups in total. The van der Waals surface area contributed by atoms with E-state index in [-0.39, 0.29) is 11.7 Å². The van der Waals surface area contributed by atoms with Crippen molar-refractivity contribution in [3.05, 3.63) is 54.1 Å². The van der Waals surface area contributed by atoms with Crippen molar-refractivity contribution in [2.45, 2.75) is 0 Å². The maximum atomic E-state index is 12.1. The molecule has 0 aliphatic carbocycles. The first kappa shape index (κ1) is 13.6. The van der Waals surface area contributed by atoms with Gasteiger partial charge < -0.3 is 14.8 Å². The van der Waals surface area contributed by atoms with Gasteiger partial charge in [0.1, 0.15) is 5.75 Å². The van der Waals surface area contributed by atoms with Gasteiger partial charge in [-0.1, -0.05) is 12.1 Å². The fourth-order valence-corrected chi connectivity index (χ4v) is 1.64. The Bertz CT molecular complexity index is 608. The van der Waals surface area contributed by atoms with E-state index in [1.807, 2.05) is 0 Å². The summed E-state index contributed by atoms with van der Waals surface area (Å²) in [6.07, 6.45) is 0. The van der Waals surface area contributed by atoms with Gasteiger partial charge in [-0.25, -0.2) is 4.79 Å². The number of rotatable bonds is 5. The second kappa shape index (κ2) is 6.38. The van der Waals surface area contributed by atoms with E-state index in [9.17, 15) is 9.59 Å². The average molecular weight is 270 g/mol. The van der Waals surface area contributed by atoms with Crippen LogP contribution in [0.2, 0.25) is 0 Å². The van der Waals surface area contributed by atoms with Gasteiger partial charge in [-0.05, 0) is 36.4 Å². The van der Waals surface area contributed by atoms with Crippen molar-refractivity contribution in [2.24, 2.45) is 0 Å². The summed E-state index contributed by atoms with van der Waals surface area (Å²) in [5, 5.41) is 2.67. The molecule has 0 heterocycles. The van der Waals surface area contributed by atoms with E-state index in [0.29, 0.717) is 17.0 Å². The van der Waals surface area contributed by atoms with Crippen molar-refractivity contribution in [2.75, 3.05) is 12.4 Å². The number of ether oxygens (including phenoxy) is 2. The molecule has 1 radical (unpaired) electrons. The van der Waals surface area contributed by atoms with Crippen molar-refractivity contribution in [3.63, 3.8) is 0 Å². The maximum absolute atomic E-state index is 12.1. The maximum Gasteiger partial charge on any atom is 0.423 e. The largest absolute Gasteiger partial charge is 0.497 e. The smallest absolute Gasteiger partial charge is 0.423 e. The van der Waals surface area contributed by atoms with Crippen molar-refractivity contribution in [1.29, 1.82) is 0 Å². The van der Waals surface area contributed by atoms with Gasteiger partial charge >= 0.3 is 6.47 Å². The van der Waals surface area contributed by atoms with Crippen molar-refractivity contribution in [3.8, 4) is 11.5 Å². The SMILES string of the molecule is COc1ccc(C(=O)Nc2ccccc2O[C]=O)cc1. The number of hydrogen-bond donors (Lipinski definition) is 1. The number of benzene rings is 2. The Kier molecular flexibility index (Phi) is 4.34. The van der Waals surface area contributed by atoms with Gasteiger partial charge in [0.2, 0.25) is 0 Å². The number of carbonyl (C=O) groups excluding carboxylic acids is 2. The highest BCUT2D eigenvalue weighted by atomic mass is 16.5. The lowest BCUT2D eigenvalue weighted by Gasteiger charge is -2.09. The Hall–Kier alpha value is -2.82. The molecule has 5 nitrogen and oxygen atoms in total. The third-order valence-electron chi connectivity index (χ3n) is 2.64. The van der Waals surface area contributed by atoms with E-state index in [0.717, 1.165) is 0 Å². The first-order valence-corrected chi connectivity index (χ1v) is 5.83. The first-order chi connectivity index (χ1) is 9.74. The summed E-state index contributed by atoms with van der Waals surface area (Å²) < 4.78 is 9.69. The highest BCUT2D eigenvalue weighted by molar-refractivity contribution is 6.05. The molecule has 2 rings (SSSR count). The van der Waals surface area contributed by atoms with Crippen LogP contribution in [0.5, 0.6) is 11.5 Å². The van der Waals surface area contributed by atoms with Gasteiger partial charge in [0.15, 0.2) is 5.75 Å². The van der Waals surface area contributed by atoms with Crippen LogP contribution in [-0.2, 0) is 4.79 Å². The zero-order chi connectivity index (χ0) is 14.4. The molecule has 0 saturated carbocycles. The van der Waals surface area contributed by atoms with Crippen molar-refractivity contribution in [1.82, 2.24) is 0 Å². The van der Waals surface area contributed by atoms with E-state index >= 15 is 0 Å². The summed E-state index contributed by atoms with van der Waals surface area (Å²) in [5.74, 6) is 0.597. The number of nitrogens with one attached hydrogen (secondary N) is 1. The van der Waals surface area contributed by atoms with Gasteiger partial charge in [-0.3, -0.25) is 4.79 Å². The van der Waals surface area contributed by atoms with E-state index in [1.165, 1.54) is 6.47 Å². The summed E-state index contributed by atoms with van der Waals surface area (Å²) >= 11 is 0. The topological polar surface area (TPSA) is 64.6 Å². The Morgan fingerprint density at radius 3 is 2.45 bits per heavy atom. The Labute approximate surface area is 116 Å². The van der Waals surface area contributed by atoms with Crippen LogP contribution in [0.15, 0.2) is 48.5 Å². The molecule has 0 unspecified atom stereocenters. The molecule has 0 atom stereocenters. The summed E-state index contributed by atoms with van der Waals surface area (Å²) in [5.41, 5.74) is 0.868. The second-order valence-electron chi connectivity index (χ2n) is 3.86. The lowest BCUT2D eigenvalue weighted by molar-refractivity contribution is 0.102. The average Bonchev–Trinajstić information content (AvgIpc) is 2.49. The van der Waals surface area contributed by atoms with Crippen LogP contribution in [0.25, 0.3) is 0 Å². The zero-order valence-electron chi connectivity index (χ0n) is 10.8. The molecule has 2 aromatic rings. The number of amides is 1. The Balaban J connectivity index is 2.16. The number of carbonyl (C=O) groups is 1. The molecule has 101 valence electrons. The van der Waals surface area contributed by atoms with Crippen LogP contribution in [0.1, 0.15) is 10.4 Å². The predicted octanol–water partition coefficient (Wildman–Crippen LogP) is 2.39. The van der Waals surface area contributed by atoms with Crippen molar-refractivity contribution >= 4 is 18.1 Å². The minimum atomic E-state index is -0.311. The number of anilines is 1. The Morgan fingerprint density at radius 1 is 1.10 bits per heavy atom. The molecule has 0 spiro atoms. The predicted molar refractivity (Wildman–Crippen MR) is 73.7 cm³/mol. The van der Waals surface area contributed by atoms with E-state index < -0.39 is 0 Å². The molecular formula is C15H12NO4. The minimum absolute atomic E-state index is 0.240. The van der Waals surface area contributed by atoms with Gasteiger partial charge in [0, 0.05) is 5.56 Å². The fourth-order valence-electron chi connectivity index (χ4n) is 1.64. The zero-order valence-corrected chi connectivity index (χ0v) is 10.8. The standard InChI is InChI=1S/C15H12NO4/c1-19-12-8-6-11(7-9-12)15(18)16-13-4-2-3-5-14(13)20-10-17/h2-9H,1H3,(H,16,18). The van der Waals surface area contributed by atoms with Gasteiger partial charge in [-0.2, -0.15) is 0 Å². The third-order valence-corrected chi connectivity index (χ3v) is 2.64. The molecule has 0 aliphatic heterocycles. The minimum Gasteiger partial charge on any atom is -0.497 e. The summed E-state index contributed by atoms with van der Waals surface area (Å²) in [6.45, 7) is 1.33. The number of para-hydroxylation sites is 2. The number of hydrogen-bond acceptors (Lipinski definition) is 4. The molecule has 0 bridgehead atoms. The lowest BCUT2D eigenvalue weighted by atomic mass is 10.2. The van der Waals surface area contributed by atoms with E-state index in [2.05, 4.69) is 10.1 Å². The summed E-state index contributed by atoms with van der Waals surface area (Å²) in [6, 6.07) is 13.3.